The molecule has 1 aromatic carbocycles. The van der Waals surface area contributed by atoms with Crippen molar-refractivity contribution >= 4 is 23.2 Å². The van der Waals surface area contributed by atoms with Crippen molar-refractivity contribution < 1.29 is 0 Å². The van der Waals surface area contributed by atoms with E-state index in [-0.39, 0.29) is 0 Å². The van der Waals surface area contributed by atoms with Gasteiger partial charge in [0.1, 0.15) is 0 Å². The van der Waals surface area contributed by atoms with E-state index in [2.05, 4.69) is 6.07 Å². The van der Waals surface area contributed by atoms with Crippen molar-refractivity contribution in [1.82, 2.24) is 0 Å². The van der Waals surface area contributed by atoms with Gasteiger partial charge >= 0.3 is 0 Å². The molecule has 0 amide bonds. The Hall–Kier alpha value is -0.710. The first-order chi connectivity index (χ1) is 8.11. The summed E-state index contributed by atoms with van der Waals surface area (Å²) in [6.45, 7) is 0. The molecule has 0 aromatic heterocycles. The van der Waals surface area contributed by atoms with Crippen LogP contribution >= 0.6 is 23.2 Å². The Morgan fingerprint density at radius 2 is 1.71 bits per heavy atom. The van der Waals surface area contributed by atoms with Gasteiger partial charge in [-0.2, -0.15) is 5.26 Å². The van der Waals surface area contributed by atoms with E-state index in [9.17, 15) is 5.26 Å². The maximum Gasteiger partial charge on any atom is 0.0861 e. The lowest BCUT2D eigenvalue weighted by Crippen LogP contribution is -2.52. The van der Waals surface area contributed by atoms with Gasteiger partial charge in [0, 0.05) is 15.6 Å². The van der Waals surface area contributed by atoms with Crippen LogP contribution in [0.5, 0.6) is 0 Å². The van der Waals surface area contributed by atoms with Crippen molar-refractivity contribution in [1.29, 1.82) is 5.26 Å². The Morgan fingerprint density at radius 3 is 2.12 bits per heavy atom. The fraction of sp³-hybridized carbons (Fsp3) is 0.500. The van der Waals surface area contributed by atoms with Crippen molar-refractivity contribution in [3.05, 3.63) is 33.8 Å². The predicted molar refractivity (Wildman–Crippen MR) is 69.3 cm³/mol. The normalized spacial score (nSPS) is 23.6. The first-order valence-electron chi connectivity index (χ1n) is 5.97. The molecule has 3 rings (SSSR count). The van der Waals surface area contributed by atoms with Crippen LogP contribution in [0.3, 0.4) is 0 Å². The molecular formula is C14H13Cl2N. The molecule has 1 aromatic rings. The van der Waals surface area contributed by atoms with Crippen molar-refractivity contribution in [2.45, 2.75) is 37.5 Å². The average molecular weight is 266 g/mol. The highest BCUT2D eigenvalue weighted by Gasteiger charge is 2.59. The molecule has 0 bridgehead atoms. The Kier molecular flexibility index (Phi) is 2.44. The van der Waals surface area contributed by atoms with Crippen LogP contribution < -0.4 is 0 Å². The number of rotatable bonds is 1. The summed E-state index contributed by atoms with van der Waals surface area (Å²) < 4.78 is 0. The third kappa shape index (κ3) is 1.51. The lowest BCUT2D eigenvalue weighted by atomic mass is 9.44. The van der Waals surface area contributed by atoms with Crippen molar-refractivity contribution in [2.75, 3.05) is 0 Å². The largest absolute Gasteiger partial charge is 0.197 e. The van der Waals surface area contributed by atoms with Crippen LogP contribution in [-0.4, -0.2) is 0 Å². The molecule has 2 saturated carbocycles. The average Bonchev–Trinajstić information content (AvgIpc) is 2.18. The zero-order valence-corrected chi connectivity index (χ0v) is 11.0. The second-order valence-corrected chi connectivity index (χ2v) is 6.31. The minimum absolute atomic E-state index is 0.429. The van der Waals surface area contributed by atoms with E-state index in [0.29, 0.717) is 15.5 Å². The maximum absolute atomic E-state index is 9.52. The first-order valence-corrected chi connectivity index (χ1v) is 6.72. The highest BCUT2D eigenvalue weighted by atomic mass is 35.5. The van der Waals surface area contributed by atoms with Crippen LogP contribution in [0.4, 0.5) is 0 Å². The van der Waals surface area contributed by atoms with Crippen LogP contribution in [0.25, 0.3) is 0 Å². The Labute approximate surface area is 111 Å². The SMILES string of the molecule is N#CC1(c2c(Cl)cccc2Cl)CC2(CCC2)C1. The fourth-order valence-electron chi connectivity index (χ4n) is 3.53. The summed E-state index contributed by atoms with van der Waals surface area (Å²) in [5, 5.41) is 10.8. The molecule has 1 spiro atoms. The molecule has 0 atom stereocenters. The van der Waals surface area contributed by atoms with Gasteiger partial charge in [-0.1, -0.05) is 35.7 Å². The van der Waals surface area contributed by atoms with Gasteiger partial charge in [-0.3, -0.25) is 0 Å². The fourth-order valence-corrected chi connectivity index (χ4v) is 4.28. The molecule has 0 aliphatic heterocycles. The van der Waals surface area contributed by atoms with Crippen LogP contribution in [0, 0.1) is 16.7 Å². The van der Waals surface area contributed by atoms with E-state index in [1.807, 2.05) is 18.2 Å². The molecule has 2 fully saturated rings. The van der Waals surface area contributed by atoms with E-state index in [1.165, 1.54) is 19.3 Å². The second-order valence-electron chi connectivity index (χ2n) is 5.50. The van der Waals surface area contributed by atoms with Crippen LogP contribution in [0.1, 0.15) is 37.7 Å². The van der Waals surface area contributed by atoms with Crippen LogP contribution in [-0.2, 0) is 5.41 Å². The quantitative estimate of drug-likeness (QED) is 0.721. The topological polar surface area (TPSA) is 23.8 Å². The third-order valence-electron chi connectivity index (χ3n) is 4.42. The molecule has 3 heteroatoms. The Balaban J connectivity index is 2.00. The summed E-state index contributed by atoms with van der Waals surface area (Å²) >= 11 is 12.4. The molecule has 2 aliphatic carbocycles. The van der Waals surface area contributed by atoms with E-state index in [4.69, 9.17) is 23.2 Å². The summed E-state index contributed by atoms with van der Waals surface area (Å²) in [7, 11) is 0. The van der Waals surface area contributed by atoms with Crippen LogP contribution in [0.15, 0.2) is 18.2 Å². The number of hydrogen-bond donors (Lipinski definition) is 0. The van der Waals surface area contributed by atoms with Gasteiger partial charge in [0.15, 0.2) is 0 Å². The van der Waals surface area contributed by atoms with Gasteiger partial charge in [-0.15, -0.1) is 0 Å². The molecule has 2 aliphatic rings. The zero-order chi connectivity index (χ0) is 12.1. The molecule has 0 unspecified atom stereocenters. The number of hydrogen-bond acceptors (Lipinski definition) is 1. The standard InChI is InChI=1S/C14H13Cl2N/c15-10-3-1-4-11(16)12(10)14(9-17)7-13(8-14)5-2-6-13/h1,3-4H,2,5-8H2. The highest BCUT2D eigenvalue weighted by molar-refractivity contribution is 6.36. The molecular weight excluding hydrogens is 253 g/mol. The van der Waals surface area contributed by atoms with Gasteiger partial charge in [-0.25, -0.2) is 0 Å². The lowest BCUT2D eigenvalue weighted by molar-refractivity contribution is -0.0226. The molecule has 0 radical (unpaired) electrons. The van der Waals surface area contributed by atoms with Crippen molar-refractivity contribution in [2.24, 2.45) is 5.41 Å². The summed E-state index contributed by atoms with van der Waals surface area (Å²) in [6, 6.07) is 7.95. The Morgan fingerprint density at radius 1 is 1.12 bits per heavy atom. The Bertz CT molecular complexity index is 483. The smallest absolute Gasteiger partial charge is 0.0861 e. The monoisotopic (exact) mass is 265 g/mol. The summed E-state index contributed by atoms with van der Waals surface area (Å²) in [4.78, 5) is 0. The van der Waals surface area contributed by atoms with E-state index < -0.39 is 5.41 Å². The van der Waals surface area contributed by atoms with Gasteiger partial charge in [0.2, 0.25) is 0 Å². The minimum atomic E-state index is -0.435. The summed E-state index contributed by atoms with van der Waals surface area (Å²) in [5.74, 6) is 0. The van der Waals surface area contributed by atoms with Gasteiger partial charge in [0.05, 0.1) is 11.5 Å². The molecule has 1 nitrogen and oxygen atoms in total. The minimum Gasteiger partial charge on any atom is -0.197 e. The van der Waals surface area contributed by atoms with E-state index in [0.717, 1.165) is 18.4 Å². The highest BCUT2D eigenvalue weighted by Crippen LogP contribution is 2.66. The number of nitrogens with zero attached hydrogens (tertiary/aromatic N) is 1. The second kappa shape index (κ2) is 3.64. The zero-order valence-electron chi connectivity index (χ0n) is 9.47. The number of nitriles is 1. The van der Waals surface area contributed by atoms with Gasteiger partial charge in [-0.05, 0) is 43.2 Å². The predicted octanol–water partition coefficient (Wildman–Crippen LogP) is 4.72. The first kappa shape index (κ1) is 11.4. The van der Waals surface area contributed by atoms with Crippen molar-refractivity contribution in [3.8, 4) is 6.07 Å². The molecule has 0 saturated heterocycles. The number of halogens is 2. The van der Waals surface area contributed by atoms with Crippen molar-refractivity contribution in [3.63, 3.8) is 0 Å². The number of benzene rings is 1. The lowest BCUT2D eigenvalue weighted by Gasteiger charge is -2.58. The van der Waals surface area contributed by atoms with Crippen LogP contribution in [0.2, 0.25) is 10.0 Å². The van der Waals surface area contributed by atoms with Gasteiger partial charge in [0.25, 0.3) is 0 Å². The molecule has 17 heavy (non-hydrogen) atoms. The van der Waals surface area contributed by atoms with Gasteiger partial charge < -0.3 is 0 Å². The molecule has 0 N–H and O–H groups in total. The molecule has 0 heterocycles. The van der Waals surface area contributed by atoms with E-state index >= 15 is 0 Å². The maximum atomic E-state index is 9.52. The molecule has 88 valence electrons. The third-order valence-corrected chi connectivity index (χ3v) is 5.05. The summed E-state index contributed by atoms with van der Waals surface area (Å²) in [5.41, 5.74) is 0.844. The van der Waals surface area contributed by atoms with E-state index in [1.54, 1.807) is 0 Å². The summed E-state index contributed by atoms with van der Waals surface area (Å²) in [6.07, 6.45) is 5.69.